The van der Waals surface area contributed by atoms with Crippen molar-refractivity contribution in [3.8, 4) is 0 Å². The minimum Gasteiger partial charge on any atom is -0.369 e. The van der Waals surface area contributed by atoms with E-state index in [1.165, 1.54) is 0 Å². The molecule has 0 spiro atoms. The van der Waals surface area contributed by atoms with Crippen LogP contribution >= 0.6 is 23.2 Å². The molecule has 1 heterocycles. The highest BCUT2D eigenvalue weighted by Crippen LogP contribution is 2.16. The van der Waals surface area contributed by atoms with Crippen LogP contribution in [0, 0.1) is 0 Å². The first-order valence-corrected chi connectivity index (χ1v) is 5.16. The minimum atomic E-state index is 0.661. The van der Waals surface area contributed by atoms with Crippen LogP contribution in [0.3, 0.4) is 0 Å². The first kappa shape index (κ1) is 10.6. The van der Waals surface area contributed by atoms with Gasteiger partial charge in [0.05, 0.1) is 5.02 Å². The summed E-state index contributed by atoms with van der Waals surface area (Å²) in [6.07, 6.45) is 3.77. The Bertz CT molecular complexity index is 253. The lowest BCUT2D eigenvalue weighted by atomic mass is 10.3. The normalized spacial score (nSPS) is 10.0. The summed E-state index contributed by atoms with van der Waals surface area (Å²) in [6.45, 7) is 0.865. The van der Waals surface area contributed by atoms with Gasteiger partial charge in [0, 0.05) is 18.6 Å². The van der Waals surface area contributed by atoms with Crippen LogP contribution in [0.4, 0.5) is 5.82 Å². The first-order chi connectivity index (χ1) is 6.34. The van der Waals surface area contributed by atoms with E-state index in [0.717, 1.165) is 25.2 Å². The molecule has 0 bridgehead atoms. The molecule has 1 rings (SSSR count). The smallest absolute Gasteiger partial charge is 0.144 e. The van der Waals surface area contributed by atoms with Gasteiger partial charge in [-0.2, -0.15) is 0 Å². The van der Waals surface area contributed by atoms with Crippen LogP contribution in [0.2, 0.25) is 5.02 Å². The minimum absolute atomic E-state index is 0.661. The molecule has 13 heavy (non-hydrogen) atoms. The molecule has 1 aromatic rings. The molecule has 0 saturated carbocycles. The van der Waals surface area contributed by atoms with Gasteiger partial charge in [-0.3, -0.25) is 0 Å². The molecule has 0 unspecified atom stereocenters. The van der Waals surface area contributed by atoms with Gasteiger partial charge < -0.3 is 5.32 Å². The number of unbranched alkanes of at least 4 members (excludes halogenated alkanes) is 1. The predicted molar refractivity (Wildman–Crippen MR) is 57.7 cm³/mol. The summed E-state index contributed by atoms with van der Waals surface area (Å²) in [4.78, 5) is 4.10. The zero-order valence-electron chi connectivity index (χ0n) is 7.26. The van der Waals surface area contributed by atoms with Crippen molar-refractivity contribution in [2.24, 2.45) is 0 Å². The Morgan fingerprint density at radius 1 is 1.38 bits per heavy atom. The topological polar surface area (TPSA) is 24.9 Å². The number of halogens is 2. The quantitative estimate of drug-likeness (QED) is 0.607. The van der Waals surface area contributed by atoms with E-state index in [4.69, 9.17) is 23.2 Å². The highest BCUT2D eigenvalue weighted by Gasteiger charge is 1.97. The molecule has 0 saturated heterocycles. The number of pyridine rings is 1. The van der Waals surface area contributed by atoms with Crippen molar-refractivity contribution >= 4 is 29.0 Å². The van der Waals surface area contributed by atoms with E-state index < -0.39 is 0 Å². The summed E-state index contributed by atoms with van der Waals surface area (Å²) >= 11 is 11.4. The molecule has 0 amide bonds. The summed E-state index contributed by atoms with van der Waals surface area (Å²) < 4.78 is 0. The van der Waals surface area contributed by atoms with Gasteiger partial charge in [-0.1, -0.05) is 11.6 Å². The molecule has 0 radical (unpaired) electrons. The molecule has 0 aliphatic rings. The van der Waals surface area contributed by atoms with E-state index >= 15 is 0 Å². The third-order valence-corrected chi connectivity index (χ3v) is 2.18. The number of nitrogens with zero attached hydrogens (tertiary/aromatic N) is 1. The predicted octanol–water partition coefficient (Wildman–Crippen LogP) is 3.17. The van der Waals surface area contributed by atoms with Gasteiger partial charge in [0.1, 0.15) is 5.82 Å². The van der Waals surface area contributed by atoms with Gasteiger partial charge in [-0.15, -0.1) is 11.6 Å². The first-order valence-electron chi connectivity index (χ1n) is 4.25. The molecule has 0 atom stereocenters. The van der Waals surface area contributed by atoms with Crippen LogP contribution in [-0.4, -0.2) is 17.4 Å². The number of hydrogen-bond donors (Lipinski definition) is 1. The average Bonchev–Trinajstić information content (AvgIpc) is 2.15. The van der Waals surface area contributed by atoms with Gasteiger partial charge in [0.25, 0.3) is 0 Å². The second-order valence-corrected chi connectivity index (χ2v) is 3.44. The molecule has 0 fully saturated rings. The van der Waals surface area contributed by atoms with Crippen LogP contribution < -0.4 is 5.32 Å². The van der Waals surface area contributed by atoms with Gasteiger partial charge in [0.15, 0.2) is 0 Å². The third-order valence-electron chi connectivity index (χ3n) is 1.61. The Hall–Kier alpha value is -0.470. The fourth-order valence-corrected chi connectivity index (χ4v) is 1.32. The maximum absolute atomic E-state index is 5.89. The average molecular weight is 219 g/mol. The van der Waals surface area contributed by atoms with Crippen molar-refractivity contribution in [2.45, 2.75) is 12.8 Å². The SMILES string of the molecule is ClCCCCNc1ncccc1Cl. The second kappa shape index (κ2) is 6.06. The number of hydrogen-bond acceptors (Lipinski definition) is 2. The Kier molecular flexibility index (Phi) is 4.94. The van der Waals surface area contributed by atoms with E-state index in [1.807, 2.05) is 12.1 Å². The number of anilines is 1. The molecular weight excluding hydrogens is 207 g/mol. The van der Waals surface area contributed by atoms with E-state index in [9.17, 15) is 0 Å². The molecule has 4 heteroatoms. The summed E-state index contributed by atoms with van der Waals surface area (Å²) in [5.41, 5.74) is 0. The number of alkyl halides is 1. The summed E-state index contributed by atoms with van der Waals surface area (Å²) in [5.74, 6) is 1.45. The number of aromatic nitrogens is 1. The maximum Gasteiger partial charge on any atom is 0.144 e. The Labute approximate surface area is 88.3 Å². The van der Waals surface area contributed by atoms with Crippen LogP contribution in [0.1, 0.15) is 12.8 Å². The highest BCUT2D eigenvalue weighted by atomic mass is 35.5. The van der Waals surface area contributed by atoms with Crippen molar-refractivity contribution in [1.29, 1.82) is 0 Å². The molecule has 0 aliphatic heterocycles. The fourth-order valence-electron chi connectivity index (χ4n) is 0.942. The maximum atomic E-state index is 5.89. The third kappa shape index (κ3) is 3.83. The molecular formula is C9H12Cl2N2. The number of rotatable bonds is 5. The monoisotopic (exact) mass is 218 g/mol. The molecule has 1 aromatic heterocycles. The van der Waals surface area contributed by atoms with Crippen molar-refractivity contribution in [1.82, 2.24) is 4.98 Å². The lowest BCUT2D eigenvalue weighted by Gasteiger charge is -2.05. The summed E-state index contributed by atoms with van der Waals surface area (Å²) in [7, 11) is 0. The highest BCUT2D eigenvalue weighted by molar-refractivity contribution is 6.32. The zero-order chi connectivity index (χ0) is 9.52. The van der Waals surface area contributed by atoms with Crippen molar-refractivity contribution < 1.29 is 0 Å². The molecule has 1 N–H and O–H groups in total. The van der Waals surface area contributed by atoms with Crippen LogP contribution in [0.25, 0.3) is 0 Å². The summed E-state index contributed by atoms with van der Waals surface area (Å²) in [5, 5.41) is 3.81. The molecule has 72 valence electrons. The lowest BCUT2D eigenvalue weighted by molar-refractivity contribution is 0.836. The standard InChI is InChI=1S/C9H12Cl2N2/c10-5-1-2-6-12-9-8(11)4-3-7-13-9/h3-4,7H,1-2,5-6H2,(H,12,13). The molecule has 2 nitrogen and oxygen atoms in total. The molecule has 0 aromatic carbocycles. The van der Waals surface area contributed by atoms with Gasteiger partial charge in [-0.05, 0) is 25.0 Å². The van der Waals surface area contributed by atoms with Crippen molar-refractivity contribution in [3.05, 3.63) is 23.4 Å². The Morgan fingerprint density at radius 3 is 2.92 bits per heavy atom. The van der Waals surface area contributed by atoms with Gasteiger partial charge in [0.2, 0.25) is 0 Å². The lowest BCUT2D eigenvalue weighted by Crippen LogP contribution is -2.03. The zero-order valence-corrected chi connectivity index (χ0v) is 8.78. The Balaban J connectivity index is 2.32. The van der Waals surface area contributed by atoms with Gasteiger partial charge in [-0.25, -0.2) is 4.98 Å². The van der Waals surface area contributed by atoms with Crippen LogP contribution in [0.5, 0.6) is 0 Å². The largest absolute Gasteiger partial charge is 0.369 e. The second-order valence-electron chi connectivity index (χ2n) is 2.66. The van der Waals surface area contributed by atoms with E-state index in [1.54, 1.807) is 6.20 Å². The van der Waals surface area contributed by atoms with Crippen LogP contribution in [0.15, 0.2) is 18.3 Å². The Morgan fingerprint density at radius 2 is 2.23 bits per heavy atom. The summed E-state index contributed by atoms with van der Waals surface area (Å²) in [6, 6.07) is 3.63. The van der Waals surface area contributed by atoms with Crippen molar-refractivity contribution in [2.75, 3.05) is 17.7 Å². The van der Waals surface area contributed by atoms with Crippen LogP contribution in [-0.2, 0) is 0 Å². The fraction of sp³-hybridized carbons (Fsp3) is 0.444. The molecule has 0 aliphatic carbocycles. The van der Waals surface area contributed by atoms with Crippen molar-refractivity contribution in [3.63, 3.8) is 0 Å². The van der Waals surface area contributed by atoms with E-state index in [-0.39, 0.29) is 0 Å². The van der Waals surface area contributed by atoms with E-state index in [2.05, 4.69) is 10.3 Å². The van der Waals surface area contributed by atoms with Gasteiger partial charge >= 0.3 is 0 Å². The number of nitrogens with one attached hydrogen (secondary N) is 1. The van der Waals surface area contributed by atoms with E-state index in [0.29, 0.717) is 10.9 Å².